The summed E-state index contributed by atoms with van der Waals surface area (Å²) in [5.41, 5.74) is 0.320. The minimum atomic E-state index is -0.453. The summed E-state index contributed by atoms with van der Waals surface area (Å²) in [5.74, 6) is -0.646. The fraction of sp³-hybridized carbons (Fsp3) is 0.250. The van der Waals surface area contributed by atoms with Crippen molar-refractivity contribution < 1.29 is 9.18 Å². The molecule has 0 bridgehead atoms. The molecule has 0 atom stereocenters. The standard InChI is InChI=1S/C12H10ClFN4O/c13-11-5-8(14)1-2-10(11)12(19)17-6-9(7-17)18-4-3-15-16-18/h1-5,9H,6-7H2. The number of aromatic nitrogens is 3. The molecule has 0 aliphatic carbocycles. The number of halogens is 2. The van der Waals surface area contributed by atoms with Crippen molar-refractivity contribution in [2.75, 3.05) is 13.1 Å². The largest absolute Gasteiger partial charge is 0.334 e. The monoisotopic (exact) mass is 280 g/mol. The zero-order valence-electron chi connectivity index (χ0n) is 9.83. The first-order valence-electron chi connectivity index (χ1n) is 5.75. The summed E-state index contributed by atoms with van der Waals surface area (Å²) < 4.78 is 14.6. The van der Waals surface area contributed by atoms with Crippen molar-refractivity contribution in [3.8, 4) is 0 Å². The lowest BCUT2D eigenvalue weighted by atomic mass is 10.1. The van der Waals surface area contributed by atoms with Gasteiger partial charge in [0.2, 0.25) is 0 Å². The highest BCUT2D eigenvalue weighted by Crippen LogP contribution is 2.25. The molecule has 98 valence electrons. The minimum absolute atomic E-state index is 0.134. The van der Waals surface area contributed by atoms with Gasteiger partial charge < -0.3 is 4.90 Å². The lowest BCUT2D eigenvalue weighted by molar-refractivity contribution is 0.0498. The van der Waals surface area contributed by atoms with Gasteiger partial charge in [0.25, 0.3) is 5.91 Å². The Morgan fingerprint density at radius 3 is 2.84 bits per heavy atom. The number of likely N-dealkylation sites (tertiary alicyclic amines) is 1. The van der Waals surface area contributed by atoms with E-state index < -0.39 is 5.82 Å². The van der Waals surface area contributed by atoms with Crippen molar-refractivity contribution in [2.24, 2.45) is 0 Å². The molecule has 0 unspecified atom stereocenters. The molecule has 0 N–H and O–H groups in total. The molecule has 0 radical (unpaired) electrons. The molecule has 0 spiro atoms. The number of amides is 1. The maximum Gasteiger partial charge on any atom is 0.255 e. The summed E-state index contributed by atoms with van der Waals surface area (Å²) in [6, 6.07) is 3.92. The van der Waals surface area contributed by atoms with Crippen LogP contribution in [0, 0.1) is 5.82 Å². The highest BCUT2D eigenvalue weighted by molar-refractivity contribution is 6.33. The predicted octanol–water partition coefficient (Wildman–Crippen LogP) is 1.77. The summed E-state index contributed by atoms with van der Waals surface area (Å²) in [6.45, 7) is 1.10. The van der Waals surface area contributed by atoms with Gasteiger partial charge in [-0.15, -0.1) is 5.10 Å². The first kappa shape index (κ1) is 12.1. The Labute approximate surface area is 113 Å². The molecule has 3 rings (SSSR count). The zero-order chi connectivity index (χ0) is 13.4. The molecule has 19 heavy (non-hydrogen) atoms. The van der Waals surface area contributed by atoms with Gasteiger partial charge in [-0.05, 0) is 18.2 Å². The van der Waals surface area contributed by atoms with E-state index in [0.717, 1.165) is 6.07 Å². The third-order valence-corrected chi connectivity index (χ3v) is 3.44. The van der Waals surface area contributed by atoms with Crippen LogP contribution in [0.25, 0.3) is 0 Å². The van der Waals surface area contributed by atoms with Gasteiger partial charge >= 0.3 is 0 Å². The second kappa shape index (κ2) is 4.62. The third kappa shape index (κ3) is 2.19. The molecule has 2 aromatic rings. The zero-order valence-corrected chi connectivity index (χ0v) is 10.6. The number of hydrogen-bond donors (Lipinski definition) is 0. The van der Waals surface area contributed by atoms with Crippen molar-refractivity contribution in [1.82, 2.24) is 19.9 Å². The van der Waals surface area contributed by atoms with Crippen molar-refractivity contribution in [3.63, 3.8) is 0 Å². The summed E-state index contributed by atoms with van der Waals surface area (Å²) >= 11 is 5.87. The maximum atomic E-state index is 12.9. The van der Waals surface area contributed by atoms with Crippen LogP contribution in [-0.2, 0) is 0 Å². The normalized spacial score (nSPS) is 15.4. The molecular weight excluding hydrogens is 271 g/mol. The van der Waals surface area contributed by atoms with Crippen LogP contribution < -0.4 is 0 Å². The second-order valence-electron chi connectivity index (χ2n) is 4.37. The van der Waals surface area contributed by atoms with E-state index in [4.69, 9.17) is 11.6 Å². The van der Waals surface area contributed by atoms with Crippen LogP contribution in [0.2, 0.25) is 5.02 Å². The number of carbonyl (C=O) groups excluding carboxylic acids is 1. The average Bonchev–Trinajstić information content (AvgIpc) is 2.80. The minimum Gasteiger partial charge on any atom is -0.334 e. The molecule has 5 nitrogen and oxygen atoms in total. The molecule has 1 aliphatic heterocycles. The second-order valence-corrected chi connectivity index (χ2v) is 4.78. The van der Waals surface area contributed by atoms with Gasteiger partial charge in [0.05, 0.1) is 22.8 Å². The van der Waals surface area contributed by atoms with Crippen molar-refractivity contribution >= 4 is 17.5 Å². The number of carbonyl (C=O) groups is 1. The first-order chi connectivity index (χ1) is 9.15. The highest BCUT2D eigenvalue weighted by Gasteiger charge is 2.33. The van der Waals surface area contributed by atoms with Gasteiger partial charge in [0.1, 0.15) is 5.82 Å². The Morgan fingerprint density at radius 1 is 1.42 bits per heavy atom. The fourth-order valence-corrected chi connectivity index (χ4v) is 2.28. The summed E-state index contributed by atoms with van der Waals surface area (Å²) in [4.78, 5) is 13.8. The molecule has 1 amide bonds. The van der Waals surface area contributed by atoms with Crippen LogP contribution in [0.1, 0.15) is 16.4 Å². The van der Waals surface area contributed by atoms with Crippen LogP contribution in [-0.4, -0.2) is 38.9 Å². The molecular formula is C12H10ClFN4O. The Bertz CT molecular complexity index is 610. The topological polar surface area (TPSA) is 51.0 Å². The molecule has 7 heteroatoms. The van der Waals surface area contributed by atoms with E-state index in [0.29, 0.717) is 18.7 Å². The highest BCUT2D eigenvalue weighted by atomic mass is 35.5. The van der Waals surface area contributed by atoms with Gasteiger partial charge in [-0.2, -0.15) is 0 Å². The first-order valence-corrected chi connectivity index (χ1v) is 6.13. The Morgan fingerprint density at radius 2 is 2.21 bits per heavy atom. The van der Waals surface area contributed by atoms with Gasteiger partial charge in [0.15, 0.2) is 0 Å². The van der Waals surface area contributed by atoms with E-state index in [1.165, 1.54) is 12.1 Å². The van der Waals surface area contributed by atoms with Crippen LogP contribution in [0.15, 0.2) is 30.6 Å². The number of rotatable bonds is 2. The average molecular weight is 281 g/mol. The Hall–Kier alpha value is -1.95. The van der Waals surface area contributed by atoms with Gasteiger partial charge in [-0.25, -0.2) is 9.07 Å². The van der Waals surface area contributed by atoms with E-state index in [1.807, 2.05) is 0 Å². The van der Waals surface area contributed by atoms with Crippen LogP contribution >= 0.6 is 11.6 Å². The quantitative estimate of drug-likeness (QED) is 0.842. The third-order valence-electron chi connectivity index (χ3n) is 3.13. The molecule has 1 aliphatic rings. The van der Waals surface area contributed by atoms with Crippen LogP contribution in [0.4, 0.5) is 4.39 Å². The van der Waals surface area contributed by atoms with Crippen LogP contribution in [0.3, 0.4) is 0 Å². The molecule has 2 heterocycles. The van der Waals surface area contributed by atoms with Gasteiger partial charge in [-0.3, -0.25) is 4.79 Å². The number of nitrogens with zero attached hydrogens (tertiary/aromatic N) is 4. The summed E-state index contributed by atoms with van der Waals surface area (Å²) in [6.07, 6.45) is 3.36. The molecule has 0 saturated carbocycles. The van der Waals surface area contributed by atoms with Gasteiger partial charge in [-0.1, -0.05) is 16.8 Å². The van der Waals surface area contributed by atoms with Crippen molar-refractivity contribution in [3.05, 3.63) is 47.0 Å². The lowest BCUT2D eigenvalue weighted by Crippen LogP contribution is -2.51. The number of hydrogen-bond acceptors (Lipinski definition) is 3. The summed E-state index contributed by atoms with van der Waals surface area (Å²) in [7, 11) is 0. The van der Waals surface area contributed by atoms with Gasteiger partial charge in [0, 0.05) is 19.3 Å². The van der Waals surface area contributed by atoms with Crippen LogP contribution in [0.5, 0.6) is 0 Å². The Kier molecular flexibility index (Phi) is 2.94. The molecule has 1 aromatic heterocycles. The van der Waals surface area contributed by atoms with E-state index in [-0.39, 0.29) is 17.0 Å². The maximum absolute atomic E-state index is 12.9. The van der Waals surface area contributed by atoms with E-state index in [2.05, 4.69) is 10.3 Å². The Balaban J connectivity index is 1.70. The molecule has 1 saturated heterocycles. The van der Waals surface area contributed by atoms with E-state index in [1.54, 1.807) is 22.0 Å². The smallest absolute Gasteiger partial charge is 0.255 e. The molecule has 1 fully saturated rings. The fourth-order valence-electron chi connectivity index (χ4n) is 2.03. The van der Waals surface area contributed by atoms with Crippen molar-refractivity contribution in [2.45, 2.75) is 6.04 Å². The molecule has 1 aromatic carbocycles. The predicted molar refractivity (Wildman–Crippen MR) is 66.4 cm³/mol. The van der Waals surface area contributed by atoms with E-state index in [9.17, 15) is 9.18 Å². The lowest BCUT2D eigenvalue weighted by Gasteiger charge is -2.39. The number of benzene rings is 1. The summed E-state index contributed by atoms with van der Waals surface area (Å²) in [5, 5.41) is 7.74. The van der Waals surface area contributed by atoms with E-state index >= 15 is 0 Å². The SMILES string of the molecule is O=C(c1ccc(F)cc1Cl)N1CC(n2ccnn2)C1. The van der Waals surface area contributed by atoms with Crippen molar-refractivity contribution in [1.29, 1.82) is 0 Å².